The lowest BCUT2D eigenvalue weighted by Gasteiger charge is -2.30. The fourth-order valence-corrected chi connectivity index (χ4v) is 3.45. The number of carbonyl (C=O) groups is 2. The molecule has 7 heteroatoms. The van der Waals surface area contributed by atoms with Crippen molar-refractivity contribution in [3.63, 3.8) is 0 Å². The second kappa shape index (κ2) is 7.82. The van der Waals surface area contributed by atoms with E-state index in [1.54, 1.807) is 48.8 Å². The normalized spacial score (nSPS) is 19.3. The van der Waals surface area contributed by atoms with Crippen molar-refractivity contribution in [3.05, 3.63) is 59.9 Å². The third kappa shape index (κ3) is 3.89. The number of hydrogen-bond donors (Lipinski definition) is 4. The quantitative estimate of drug-likeness (QED) is 0.561. The maximum atomic E-state index is 12.6. The number of carbonyl (C=O) groups excluding carboxylic acids is 2. The number of aromatic nitrogens is 2. The molecule has 28 heavy (non-hydrogen) atoms. The van der Waals surface area contributed by atoms with E-state index >= 15 is 0 Å². The van der Waals surface area contributed by atoms with E-state index in [9.17, 15) is 9.59 Å². The van der Waals surface area contributed by atoms with Crippen molar-refractivity contribution in [1.82, 2.24) is 20.6 Å². The third-order valence-corrected chi connectivity index (χ3v) is 5.21. The maximum Gasteiger partial charge on any atom is 0.255 e. The monoisotopic (exact) mass is 377 g/mol. The highest BCUT2D eigenvalue weighted by Crippen LogP contribution is 2.17. The lowest BCUT2D eigenvalue weighted by molar-refractivity contribution is 0.0914. The fraction of sp³-hybridized carbons (Fsp3) is 0.286. The van der Waals surface area contributed by atoms with Crippen LogP contribution in [0.4, 0.5) is 5.69 Å². The highest BCUT2D eigenvalue weighted by Gasteiger charge is 2.23. The topological polar surface area (TPSA) is 98.9 Å². The van der Waals surface area contributed by atoms with Gasteiger partial charge in [-0.25, -0.2) is 4.98 Å². The van der Waals surface area contributed by atoms with Crippen LogP contribution in [0, 0.1) is 5.92 Å². The van der Waals surface area contributed by atoms with E-state index in [1.165, 1.54) is 0 Å². The molecule has 4 N–H and O–H groups in total. The van der Waals surface area contributed by atoms with E-state index < -0.39 is 0 Å². The van der Waals surface area contributed by atoms with Gasteiger partial charge in [0.05, 0.1) is 17.4 Å². The Morgan fingerprint density at radius 1 is 1.11 bits per heavy atom. The number of H-pyrrole nitrogens is 1. The molecule has 4 rings (SSSR count). The minimum absolute atomic E-state index is 0.112. The molecule has 7 nitrogen and oxygen atoms in total. The summed E-state index contributed by atoms with van der Waals surface area (Å²) in [5, 5.41) is 9.26. The smallest absolute Gasteiger partial charge is 0.255 e. The highest BCUT2D eigenvalue weighted by atomic mass is 16.2. The van der Waals surface area contributed by atoms with Gasteiger partial charge in [-0.05, 0) is 55.3 Å². The summed E-state index contributed by atoms with van der Waals surface area (Å²) in [7, 11) is 0. The van der Waals surface area contributed by atoms with Crippen LogP contribution >= 0.6 is 0 Å². The molecule has 1 saturated heterocycles. The third-order valence-electron chi connectivity index (χ3n) is 5.21. The maximum absolute atomic E-state index is 12.6. The Hall–Kier alpha value is -3.19. The average Bonchev–Trinajstić information content (AvgIpc) is 3.17. The molecule has 0 aliphatic carbocycles. The van der Waals surface area contributed by atoms with Crippen molar-refractivity contribution in [3.8, 4) is 0 Å². The molecule has 1 aliphatic rings. The molecule has 3 aromatic rings. The zero-order valence-corrected chi connectivity index (χ0v) is 15.7. The minimum Gasteiger partial charge on any atom is -0.348 e. The SMILES string of the molecule is CC1CCNCC1NC(=O)c1cccc(NC(=O)c2ccc3nc[nH]c3c2)c1. The molecule has 0 radical (unpaired) electrons. The van der Waals surface area contributed by atoms with Crippen LogP contribution in [-0.4, -0.2) is 40.9 Å². The van der Waals surface area contributed by atoms with E-state index in [0.717, 1.165) is 30.5 Å². The van der Waals surface area contributed by atoms with Crippen LogP contribution in [0.3, 0.4) is 0 Å². The lowest BCUT2D eigenvalue weighted by atomic mass is 9.94. The number of rotatable bonds is 4. The van der Waals surface area contributed by atoms with Crippen LogP contribution in [0.5, 0.6) is 0 Å². The number of aromatic amines is 1. The van der Waals surface area contributed by atoms with Gasteiger partial charge in [0, 0.05) is 29.4 Å². The van der Waals surface area contributed by atoms with Crippen LogP contribution in [0.15, 0.2) is 48.8 Å². The van der Waals surface area contributed by atoms with Gasteiger partial charge < -0.3 is 20.9 Å². The van der Waals surface area contributed by atoms with E-state index in [1.807, 2.05) is 0 Å². The number of amides is 2. The second-order valence-electron chi connectivity index (χ2n) is 7.22. The number of fused-ring (bicyclic) bond motifs is 1. The average molecular weight is 377 g/mol. The summed E-state index contributed by atoms with van der Waals surface area (Å²) < 4.78 is 0. The van der Waals surface area contributed by atoms with Gasteiger partial charge in [-0.1, -0.05) is 13.0 Å². The predicted octanol–water partition coefficient (Wildman–Crippen LogP) is 2.54. The number of nitrogens with one attached hydrogen (secondary N) is 4. The Labute approximate surface area is 162 Å². The molecule has 2 unspecified atom stereocenters. The second-order valence-corrected chi connectivity index (χ2v) is 7.22. The van der Waals surface area contributed by atoms with Crippen LogP contribution < -0.4 is 16.0 Å². The Morgan fingerprint density at radius 3 is 2.82 bits per heavy atom. The summed E-state index contributed by atoms with van der Waals surface area (Å²) in [6.07, 6.45) is 2.64. The van der Waals surface area contributed by atoms with E-state index in [0.29, 0.717) is 22.7 Å². The molecule has 1 aliphatic heterocycles. The Bertz CT molecular complexity index is 1010. The number of hydrogen-bond acceptors (Lipinski definition) is 4. The van der Waals surface area contributed by atoms with Crippen LogP contribution in [-0.2, 0) is 0 Å². The summed E-state index contributed by atoms with van der Waals surface area (Å²) in [4.78, 5) is 32.3. The van der Waals surface area contributed by atoms with E-state index in [-0.39, 0.29) is 17.9 Å². The van der Waals surface area contributed by atoms with Crippen molar-refractivity contribution in [2.24, 2.45) is 5.92 Å². The summed E-state index contributed by atoms with van der Waals surface area (Å²) in [5.74, 6) is 0.0696. The van der Waals surface area contributed by atoms with Crippen LogP contribution in [0.2, 0.25) is 0 Å². The van der Waals surface area contributed by atoms with Gasteiger partial charge in [0.2, 0.25) is 0 Å². The van der Waals surface area contributed by atoms with Crippen LogP contribution in [0.1, 0.15) is 34.1 Å². The largest absolute Gasteiger partial charge is 0.348 e. The first-order valence-electron chi connectivity index (χ1n) is 9.46. The standard InChI is InChI=1S/C21H23N5O2/c1-13-7-8-22-11-19(13)26-21(28)14-3-2-4-16(9-14)25-20(27)15-5-6-17-18(10-15)24-12-23-17/h2-6,9-10,12-13,19,22H,7-8,11H2,1H3,(H,23,24)(H,25,27)(H,26,28). The molecular weight excluding hydrogens is 354 g/mol. The summed E-state index contributed by atoms with van der Waals surface area (Å²) in [5.41, 5.74) is 3.24. The number of benzene rings is 2. The lowest BCUT2D eigenvalue weighted by Crippen LogP contribution is -2.50. The van der Waals surface area contributed by atoms with Gasteiger partial charge in [-0.3, -0.25) is 9.59 Å². The zero-order chi connectivity index (χ0) is 19.5. The number of imidazole rings is 1. The van der Waals surface area contributed by atoms with Gasteiger partial charge in [0.15, 0.2) is 0 Å². The van der Waals surface area contributed by atoms with Gasteiger partial charge in [0.25, 0.3) is 11.8 Å². The molecule has 144 valence electrons. The van der Waals surface area contributed by atoms with Crippen molar-refractivity contribution in [2.75, 3.05) is 18.4 Å². The summed E-state index contributed by atoms with van der Waals surface area (Å²) in [6.45, 7) is 3.91. The molecule has 0 bridgehead atoms. The zero-order valence-electron chi connectivity index (χ0n) is 15.7. The molecule has 0 spiro atoms. The molecule has 2 atom stereocenters. The van der Waals surface area contributed by atoms with Gasteiger partial charge in [-0.2, -0.15) is 0 Å². The van der Waals surface area contributed by atoms with Gasteiger partial charge in [0.1, 0.15) is 0 Å². The van der Waals surface area contributed by atoms with Gasteiger partial charge >= 0.3 is 0 Å². The first kappa shape index (κ1) is 18.2. The number of piperidine rings is 1. The Balaban J connectivity index is 1.45. The summed E-state index contributed by atoms with van der Waals surface area (Å²) >= 11 is 0. The van der Waals surface area contributed by atoms with Crippen molar-refractivity contribution >= 4 is 28.5 Å². The Morgan fingerprint density at radius 2 is 1.96 bits per heavy atom. The number of nitrogens with zero attached hydrogens (tertiary/aromatic N) is 1. The first-order valence-corrected chi connectivity index (χ1v) is 9.46. The molecule has 2 aromatic carbocycles. The van der Waals surface area contributed by atoms with Crippen LogP contribution in [0.25, 0.3) is 11.0 Å². The minimum atomic E-state index is -0.237. The van der Waals surface area contributed by atoms with Crippen molar-refractivity contribution in [2.45, 2.75) is 19.4 Å². The summed E-state index contributed by atoms with van der Waals surface area (Å²) in [6, 6.07) is 12.4. The molecular formula is C21H23N5O2. The molecule has 0 saturated carbocycles. The predicted molar refractivity (Wildman–Crippen MR) is 108 cm³/mol. The van der Waals surface area contributed by atoms with Gasteiger partial charge in [-0.15, -0.1) is 0 Å². The van der Waals surface area contributed by atoms with Crippen molar-refractivity contribution < 1.29 is 9.59 Å². The molecule has 2 heterocycles. The molecule has 1 aromatic heterocycles. The highest BCUT2D eigenvalue weighted by molar-refractivity contribution is 6.06. The molecule has 1 fully saturated rings. The number of anilines is 1. The molecule has 2 amide bonds. The fourth-order valence-electron chi connectivity index (χ4n) is 3.45. The van der Waals surface area contributed by atoms with E-state index in [4.69, 9.17) is 0 Å². The van der Waals surface area contributed by atoms with Crippen molar-refractivity contribution in [1.29, 1.82) is 0 Å². The first-order chi connectivity index (χ1) is 13.6. The van der Waals surface area contributed by atoms with E-state index in [2.05, 4.69) is 32.8 Å². The Kier molecular flexibility index (Phi) is 5.08.